The van der Waals surface area contributed by atoms with Gasteiger partial charge in [-0.25, -0.2) is 4.98 Å². The number of nitrogens with two attached hydrogens (primary N) is 1. The predicted octanol–water partition coefficient (Wildman–Crippen LogP) is 4.13. The number of aromatic nitrogens is 1. The van der Waals surface area contributed by atoms with E-state index in [-0.39, 0.29) is 11.4 Å². The number of carbonyl (C=O) groups excluding carboxylic acids is 1. The van der Waals surface area contributed by atoms with Crippen LogP contribution >= 0.6 is 39.0 Å². The number of hydrogen-bond donors (Lipinski definition) is 2. The molecule has 0 fully saturated rings. The molecule has 0 aliphatic carbocycles. The first-order chi connectivity index (χ1) is 11.4. The Morgan fingerprint density at radius 1 is 1.46 bits per heavy atom. The molecule has 3 N–H and O–H groups in total. The first-order valence-electron chi connectivity index (χ1n) is 7.40. The summed E-state index contributed by atoms with van der Waals surface area (Å²) in [5, 5.41) is 3.56. The number of amidine groups is 1. The number of aryl methyl sites for hydroxylation is 1. The third-order valence-electron chi connectivity index (χ3n) is 3.91. The van der Waals surface area contributed by atoms with Gasteiger partial charge in [-0.1, -0.05) is 23.9 Å². The van der Waals surface area contributed by atoms with Gasteiger partial charge >= 0.3 is 0 Å². The summed E-state index contributed by atoms with van der Waals surface area (Å²) in [6.07, 6.45) is 0.913. The van der Waals surface area contributed by atoms with Gasteiger partial charge in [0.25, 0.3) is 5.91 Å². The Labute approximate surface area is 157 Å². The number of amides is 1. The minimum absolute atomic E-state index is 0.153. The second-order valence-electron chi connectivity index (χ2n) is 5.74. The molecule has 1 aromatic heterocycles. The summed E-state index contributed by atoms with van der Waals surface area (Å²) in [5.41, 5.74) is 8.06. The van der Waals surface area contributed by atoms with Crippen molar-refractivity contribution in [3.63, 3.8) is 0 Å². The minimum atomic E-state index is -0.348. The largest absolute Gasteiger partial charge is 0.379 e. The molecule has 0 radical (unpaired) electrons. The van der Waals surface area contributed by atoms with Crippen molar-refractivity contribution < 1.29 is 4.79 Å². The van der Waals surface area contributed by atoms with Crippen molar-refractivity contribution in [1.29, 1.82) is 0 Å². The minimum Gasteiger partial charge on any atom is -0.379 e. The smallest absolute Gasteiger partial charge is 0.267 e. The van der Waals surface area contributed by atoms with Gasteiger partial charge in [-0.2, -0.15) is 0 Å². The molecule has 2 heterocycles. The lowest BCUT2D eigenvalue weighted by molar-refractivity contribution is 0.103. The van der Waals surface area contributed by atoms with Crippen LogP contribution < -0.4 is 11.1 Å². The number of nitrogens with zero attached hydrogens (tertiary/aromatic N) is 2. The van der Waals surface area contributed by atoms with Crippen LogP contribution in [0.15, 0.2) is 33.2 Å². The topological polar surface area (TPSA) is 80.4 Å². The van der Waals surface area contributed by atoms with E-state index in [2.05, 4.69) is 38.1 Å². The van der Waals surface area contributed by atoms with Crippen molar-refractivity contribution in [2.75, 3.05) is 11.1 Å². The molecule has 0 saturated carbocycles. The summed E-state index contributed by atoms with van der Waals surface area (Å²) in [4.78, 5) is 21.9. The van der Waals surface area contributed by atoms with Gasteiger partial charge in [-0.15, -0.1) is 11.3 Å². The maximum absolute atomic E-state index is 12.5. The molecule has 0 spiro atoms. The number of thiazole rings is 1. The van der Waals surface area contributed by atoms with Crippen molar-refractivity contribution in [1.82, 2.24) is 4.98 Å². The van der Waals surface area contributed by atoms with E-state index in [0.717, 1.165) is 23.4 Å². The lowest BCUT2D eigenvalue weighted by Crippen LogP contribution is -2.28. The van der Waals surface area contributed by atoms with E-state index in [1.54, 1.807) is 11.8 Å². The fraction of sp³-hybridized carbons (Fsp3) is 0.312. The van der Waals surface area contributed by atoms with E-state index in [0.29, 0.717) is 19.7 Å². The third-order valence-corrected chi connectivity index (χ3v) is 6.32. The van der Waals surface area contributed by atoms with Crippen LogP contribution in [-0.2, 0) is 5.54 Å². The Bertz CT molecular complexity index is 820. The molecule has 5 nitrogen and oxygen atoms in total. The Morgan fingerprint density at radius 3 is 2.92 bits per heavy atom. The van der Waals surface area contributed by atoms with Crippen LogP contribution in [0.1, 0.15) is 34.3 Å². The maximum Gasteiger partial charge on any atom is 0.267 e. The highest BCUT2D eigenvalue weighted by molar-refractivity contribution is 9.11. The highest BCUT2D eigenvalue weighted by Crippen LogP contribution is 2.36. The second kappa shape index (κ2) is 6.85. The number of anilines is 1. The average molecular weight is 425 g/mol. The normalized spacial score (nSPS) is 20.5. The molecule has 0 saturated heterocycles. The van der Waals surface area contributed by atoms with E-state index in [9.17, 15) is 4.79 Å². The Hall–Kier alpha value is -1.38. The van der Waals surface area contributed by atoms with Crippen molar-refractivity contribution in [3.05, 3.63) is 44.3 Å². The zero-order valence-electron chi connectivity index (χ0n) is 13.3. The third kappa shape index (κ3) is 3.65. The highest BCUT2D eigenvalue weighted by atomic mass is 79.9. The molecule has 1 aliphatic heterocycles. The number of hydrogen-bond acceptors (Lipinski definition) is 6. The van der Waals surface area contributed by atoms with Crippen LogP contribution in [0.5, 0.6) is 0 Å². The number of benzene rings is 1. The van der Waals surface area contributed by atoms with Gasteiger partial charge in [-0.05, 0) is 53.9 Å². The predicted molar refractivity (Wildman–Crippen MR) is 105 cm³/mol. The Kier molecular flexibility index (Phi) is 4.98. The van der Waals surface area contributed by atoms with Gasteiger partial charge in [0.2, 0.25) is 0 Å². The van der Waals surface area contributed by atoms with E-state index < -0.39 is 0 Å². The molecular formula is C16H17BrN4OS2. The molecule has 1 atom stereocenters. The number of nitrogens with one attached hydrogen (secondary N) is 1. The first-order valence-corrected chi connectivity index (χ1v) is 10.00. The molecule has 8 heteroatoms. The average Bonchev–Trinajstić information content (AvgIpc) is 2.86. The van der Waals surface area contributed by atoms with Crippen LogP contribution in [0.3, 0.4) is 0 Å². The molecule has 0 bridgehead atoms. The van der Waals surface area contributed by atoms with Crippen LogP contribution in [0, 0.1) is 6.92 Å². The lowest BCUT2D eigenvalue weighted by Gasteiger charge is -2.30. The molecular weight excluding hydrogens is 408 g/mol. The first kappa shape index (κ1) is 17.4. The summed E-state index contributed by atoms with van der Waals surface area (Å²) >= 11 is 6.22. The summed E-state index contributed by atoms with van der Waals surface area (Å²) in [6.45, 7) is 3.90. The van der Waals surface area contributed by atoms with Gasteiger partial charge < -0.3 is 11.1 Å². The standard InChI is InChI=1S/C16H17BrN4OS2/c1-9-12(24-14(17)19-9)13(22)20-11-5-3-4-10(8-11)16(2)6-7-23-15(18)21-16/h3-5,8H,6-7H2,1-2H3,(H2,18,21)(H,20,22)/t16-/m0/s1. The highest BCUT2D eigenvalue weighted by Gasteiger charge is 2.29. The summed E-state index contributed by atoms with van der Waals surface area (Å²) < 4.78 is 0.705. The molecule has 1 aromatic carbocycles. The van der Waals surface area contributed by atoms with E-state index in [1.807, 2.05) is 31.2 Å². The number of thioether (sulfide) groups is 1. The van der Waals surface area contributed by atoms with E-state index in [1.165, 1.54) is 11.3 Å². The van der Waals surface area contributed by atoms with Crippen molar-refractivity contribution >= 4 is 55.8 Å². The van der Waals surface area contributed by atoms with Crippen molar-refractivity contribution in [3.8, 4) is 0 Å². The number of carbonyl (C=O) groups is 1. The number of rotatable bonds is 3. The number of aliphatic imine (C=N–C) groups is 1. The maximum atomic E-state index is 12.5. The molecule has 0 unspecified atom stereocenters. The van der Waals surface area contributed by atoms with Crippen LogP contribution in [0.4, 0.5) is 5.69 Å². The molecule has 24 heavy (non-hydrogen) atoms. The van der Waals surface area contributed by atoms with Gasteiger partial charge in [-0.3, -0.25) is 9.79 Å². The molecule has 3 rings (SSSR count). The second-order valence-corrected chi connectivity index (χ2v) is 9.13. The zero-order chi connectivity index (χ0) is 17.3. The lowest BCUT2D eigenvalue weighted by atomic mass is 9.89. The summed E-state index contributed by atoms with van der Waals surface area (Å²) in [6, 6.07) is 7.80. The van der Waals surface area contributed by atoms with Gasteiger partial charge in [0.15, 0.2) is 9.08 Å². The van der Waals surface area contributed by atoms with Crippen molar-refractivity contribution in [2.45, 2.75) is 25.8 Å². The van der Waals surface area contributed by atoms with Gasteiger partial charge in [0, 0.05) is 11.4 Å². The summed E-state index contributed by atoms with van der Waals surface area (Å²) in [7, 11) is 0. The molecule has 1 amide bonds. The molecule has 2 aromatic rings. The van der Waals surface area contributed by atoms with Gasteiger partial charge in [0.05, 0.1) is 11.2 Å². The SMILES string of the molecule is Cc1nc(Br)sc1C(=O)Nc1cccc([C@]2(C)CCSC(N)=N2)c1. The van der Waals surface area contributed by atoms with Crippen LogP contribution in [0.25, 0.3) is 0 Å². The van der Waals surface area contributed by atoms with E-state index in [4.69, 9.17) is 5.73 Å². The van der Waals surface area contributed by atoms with E-state index >= 15 is 0 Å². The Balaban J connectivity index is 1.85. The van der Waals surface area contributed by atoms with Crippen LogP contribution in [-0.4, -0.2) is 21.8 Å². The fourth-order valence-electron chi connectivity index (χ4n) is 2.59. The molecule has 126 valence electrons. The number of halogens is 1. The fourth-order valence-corrected chi connectivity index (χ4v) is 5.00. The Morgan fingerprint density at radius 2 is 2.25 bits per heavy atom. The molecule has 1 aliphatic rings. The zero-order valence-corrected chi connectivity index (χ0v) is 16.5. The summed E-state index contributed by atoms with van der Waals surface area (Å²) in [5.74, 6) is 0.788. The van der Waals surface area contributed by atoms with Gasteiger partial charge in [0.1, 0.15) is 4.88 Å². The quantitative estimate of drug-likeness (QED) is 0.775. The van der Waals surface area contributed by atoms with Crippen LogP contribution in [0.2, 0.25) is 0 Å². The van der Waals surface area contributed by atoms with Crippen molar-refractivity contribution in [2.24, 2.45) is 10.7 Å². The monoisotopic (exact) mass is 424 g/mol.